The first-order valence-corrected chi connectivity index (χ1v) is 6.91. The van der Waals surface area contributed by atoms with Crippen LogP contribution in [0.2, 0.25) is 0 Å². The molecule has 5 heteroatoms. The summed E-state index contributed by atoms with van der Waals surface area (Å²) >= 11 is 1.76. The van der Waals surface area contributed by atoms with E-state index in [9.17, 15) is 4.79 Å². The Bertz CT molecular complexity index is 374. The molecule has 0 amide bonds. The van der Waals surface area contributed by atoms with Gasteiger partial charge in [-0.05, 0) is 18.1 Å². The molecule has 4 nitrogen and oxygen atoms in total. The molecule has 17 heavy (non-hydrogen) atoms. The molecule has 1 heterocycles. The molecule has 1 aromatic heterocycles. The van der Waals surface area contributed by atoms with Gasteiger partial charge in [0.1, 0.15) is 5.78 Å². The van der Waals surface area contributed by atoms with E-state index in [-0.39, 0.29) is 17.6 Å². The lowest BCUT2D eigenvalue weighted by atomic mass is 9.92. The van der Waals surface area contributed by atoms with E-state index in [0.29, 0.717) is 17.0 Å². The molecule has 0 saturated heterocycles. The van der Waals surface area contributed by atoms with Crippen molar-refractivity contribution in [1.29, 1.82) is 0 Å². The lowest BCUT2D eigenvalue weighted by Gasteiger charge is -2.12. The van der Waals surface area contributed by atoms with Crippen molar-refractivity contribution in [3.05, 3.63) is 11.7 Å². The minimum atomic E-state index is -0.278. The number of Topliss-reactive ketones (excluding diaryl/α,β-unsaturated/α-hetero) is 1. The standard InChI is InChI=1S/C12H20N2O2S/c1-7(2)11(9(5)15)12-13-10(14-16-12)6-17-8(3)4/h7-8,11H,6H2,1-5H3. The lowest BCUT2D eigenvalue weighted by Crippen LogP contribution is -2.15. The van der Waals surface area contributed by atoms with Gasteiger partial charge in [-0.2, -0.15) is 16.7 Å². The molecule has 0 radical (unpaired) electrons. The fraction of sp³-hybridized carbons (Fsp3) is 0.750. The predicted molar refractivity (Wildman–Crippen MR) is 69.0 cm³/mol. The molecule has 0 aromatic carbocycles. The van der Waals surface area contributed by atoms with E-state index >= 15 is 0 Å². The van der Waals surface area contributed by atoms with Gasteiger partial charge in [0.05, 0.1) is 11.7 Å². The molecule has 1 aromatic rings. The maximum atomic E-state index is 11.5. The molecular weight excluding hydrogens is 236 g/mol. The summed E-state index contributed by atoms with van der Waals surface area (Å²) in [5.74, 6) is 1.83. The zero-order chi connectivity index (χ0) is 13.0. The summed E-state index contributed by atoms with van der Waals surface area (Å²) in [7, 11) is 0. The average molecular weight is 256 g/mol. The van der Waals surface area contributed by atoms with E-state index in [2.05, 4.69) is 24.0 Å². The molecule has 0 spiro atoms. The van der Waals surface area contributed by atoms with Gasteiger partial charge >= 0.3 is 0 Å². The third kappa shape index (κ3) is 4.15. The number of hydrogen-bond acceptors (Lipinski definition) is 5. The molecule has 0 aliphatic carbocycles. The third-order valence-corrected chi connectivity index (χ3v) is 3.49. The molecule has 1 rings (SSSR count). The Kier molecular flexibility index (Phi) is 5.18. The Balaban J connectivity index is 2.75. The van der Waals surface area contributed by atoms with Crippen LogP contribution in [0.25, 0.3) is 0 Å². The van der Waals surface area contributed by atoms with Gasteiger partial charge in [0.15, 0.2) is 5.82 Å². The highest BCUT2D eigenvalue weighted by Gasteiger charge is 2.26. The number of carbonyl (C=O) groups excluding carboxylic acids is 1. The van der Waals surface area contributed by atoms with E-state index < -0.39 is 0 Å². The van der Waals surface area contributed by atoms with Crippen LogP contribution >= 0.6 is 11.8 Å². The summed E-state index contributed by atoms with van der Waals surface area (Å²) < 4.78 is 5.19. The maximum absolute atomic E-state index is 11.5. The molecule has 0 bridgehead atoms. The quantitative estimate of drug-likeness (QED) is 0.783. The molecule has 1 atom stereocenters. The van der Waals surface area contributed by atoms with Crippen molar-refractivity contribution in [3.8, 4) is 0 Å². The molecule has 1 unspecified atom stereocenters. The molecular formula is C12H20N2O2S. The summed E-state index contributed by atoms with van der Waals surface area (Å²) in [5.41, 5.74) is 0. The van der Waals surface area contributed by atoms with E-state index in [1.807, 2.05) is 13.8 Å². The Morgan fingerprint density at radius 2 is 2.00 bits per heavy atom. The van der Waals surface area contributed by atoms with Crippen molar-refractivity contribution in [1.82, 2.24) is 10.1 Å². The first kappa shape index (κ1) is 14.2. The van der Waals surface area contributed by atoms with Crippen molar-refractivity contribution in [3.63, 3.8) is 0 Å². The van der Waals surface area contributed by atoms with Gasteiger partial charge in [-0.1, -0.05) is 32.9 Å². The second-order valence-corrected chi connectivity index (χ2v) is 6.31. The van der Waals surface area contributed by atoms with Crippen LogP contribution in [0.3, 0.4) is 0 Å². The smallest absolute Gasteiger partial charge is 0.237 e. The van der Waals surface area contributed by atoms with Crippen LogP contribution in [0.15, 0.2) is 4.52 Å². The molecule has 0 fully saturated rings. The Morgan fingerprint density at radius 3 is 2.47 bits per heavy atom. The minimum absolute atomic E-state index is 0.0757. The number of aromatic nitrogens is 2. The fourth-order valence-corrected chi connectivity index (χ4v) is 2.22. The van der Waals surface area contributed by atoms with Crippen LogP contribution < -0.4 is 0 Å². The van der Waals surface area contributed by atoms with Gasteiger partial charge in [0.25, 0.3) is 0 Å². The summed E-state index contributed by atoms with van der Waals surface area (Å²) in [6.07, 6.45) is 0. The summed E-state index contributed by atoms with van der Waals surface area (Å²) in [6, 6.07) is 0. The highest BCUT2D eigenvalue weighted by atomic mass is 32.2. The molecule has 0 aliphatic heterocycles. The monoisotopic (exact) mass is 256 g/mol. The van der Waals surface area contributed by atoms with Crippen molar-refractivity contribution in [2.45, 2.75) is 51.5 Å². The van der Waals surface area contributed by atoms with E-state index in [1.165, 1.54) is 0 Å². The summed E-state index contributed by atoms with van der Waals surface area (Å²) in [4.78, 5) is 15.8. The van der Waals surface area contributed by atoms with Crippen LogP contribution in [0, 0.1) is 5.92 Å². The SMILES string of the molecule is CC(=O)C(c1nc(CSC(C)C)no1)C(C)C. The van der Waals surface area contributed by atoms with Crippen LogP contribution in [-0.4, -0.2) is 21.2 Å². The average Bonchev–Trinajstić information content (AvgIpc) is 2.62. The molecule has 0 aliphatic rings. The second-order valence-electron chi connectivity index (χ2n) is 4.74. The molecule has 0 N–H and O–H groups in total. The van der Waals surface area contributed by atoms with Gasteiger partial charge in [-0.3, -0.25) is 4.79 Å². The highest BCUT2D eigenvalue weighted by Crippen LogP contribution is 2.25. The summed E-state index contributed by atoms with van der Waals surface area (Å²) in [5, 5.41) is 4.45. The third-order valence-electron chi connectivity index (χ3n) is 2.40. The minimum Gasteiger partial charge on any atom is -0.339 e. The summed E-state index contributed by atoms with van der Waals surface area (Å²) in [6.45, 7) is 9.78. The van der Waals surface area contributed by atoms with Crippen molar-refractivity contribution in [2.75, 3.05) is 0 Å². The van der Waals surface area contributed by atoms with Crippen molar-refractivity contribution < 1.29 is 9.32 Å². The molecule has 0 saturated carbocycles. The van der Waals surface area contributed by atoms with Crippen LogP contribution in [0.4, 0.5) is 0 Å². The zero-order valence-electron chi connectivity index (χ0n) is 11.1. The Morgan fingerprint density at radius 1 is 1.35 bits per heavy atom. The Labute approximate surface area is 107 Å². The van der Waals surface area contributed by atoms with E-state index in [4.69, 9.17) is 4.52 Å². The maximum Gasteiger partial charge on any atom is 0.237 e. The first-order valence-electron chi connectivity index (χ1n) is 5.86. The van der Waals surface area contributed by atoms with Crippen LogP contribution in [-0.2, 0) is 10.5 Å². The van der Waals surface area contributed by atoms with Gasteiger partial charge in [0, 0.05) is 0 Å². The zero-order valence-corrected chi connectivity index (χ0v) is 11.9. The number of thioether (sulfide) groups is 1. The van der Waals surface area contributed by atoms with Gasteiger partial charge in [-0.25, -0.2) is 0 Å². The number of rotatable bonds is 6. The second kappa shape index (κ2) is 6.19. The van der Waals surface area contributed by atoms with Gasteiger partial charge in [0.2, 0.25) is 5.89 Å². The van der Waals surface area contributed by atoms with E-state index in [0.717, 1.165) is 5.75 Å². The fourth-order valence-electron chi connectivity index (χ4n) is 1.62. The predicted octanol–water partition coefficient (Wildman–Crippen LogP) is 3.04. The molecule has 96 valence electrons. The van der Waals surface area contributed by atoms with Gasteiger partial charge < -0.3 is 4.52 Å². The normalized spacial score (nSPS) is 13.4. The number of carbonyl (C=O) groups is 1. The van der Waals surface area contributed by atoms with Crippen LogP contribution in [0.1, 0.15) is 52.3 Å². The topological polar surface area (TPSA) is 56.0 Å². The number of nitrogens with zero attached hydrogens (tertiary/aromatic N) is 2. The Hall–Kier alpha value is -0.840. The van der Waals surface area contributed by atoms with Gasteiger partial charge in [-0.15, -0.1) is 0 Å². The van der Waals surface area contributed by atoms with Crippen LogP contribution in [0.5, 0.6) is 0 Å². The number of hydrogen-bond donors (Lipinski definition) is 0. The van der Waals surface area contributed by atoms with Crippen molar-refractivity contribution >= 4 is 17.5 Å². The van der Waals surface area contributed by atoms with E-state index in [1.54, 1.807) is 18.7 Å². The number of ketones is 1. The first-order chi connectivity index (χ1) is 7.91. The largest absolute Gasteiger partial charge is 0.339 e. The highest BCUT2D eigenvalue weighted by molar-refractivity contribution is 7.99. The van der Waals surface area contributed by atoms with Crippen molar-refractivity contribution in [2.24, 2.45) is 5.92 Å². The lowest BCUT2D eigenvalue weighted by molar-refractivity contribution is -0.119.